The Morgan fingerprint density at radius 1 is 1.12 bits per heavy atom. The van der Waals surface area contributed by atoms with Crippen molar-refractivity contribution in [2.45, 2.75) is 60.4 Å². The van der Waals surface area contributed by atoms with Gasteiger partial charge in [0.05, 0.1) is 5.69 Å². The highest BCUT2D eigenvalue weighted by atomic mass is 15.2. The molecule has 0 aliphatic rings. The van der Waals surface area contributed by atoms with E-state index in [1.807, 2.05) is 12.3 Å². The Balaban J connectivity index is 2.16. The van der Waals surface area contributed by atoms with Gasteiger partial charge in [0.25, 0.3) is 0 Å². The lowest BCUT2D eigenvalue weighted by Gasteiger charge is -2.34. The monoisotopic (exact) mass is 338 g/mol. The standard InChI is InChI=1S/C21H30N4/c1-14-11-15(2)25-17(12-14)23-18(16-9-8-10-22-16)19(25)24-21(6,7)13-20(3,4)5/h8-12,22,24H,13H2,1-7H3. The first kappa shape index (κ1) is 17.6. The van der Waals surface area contributed by atoms with Crippen LogP contribution in [0.1, 0.15) is 52.3 Å². The second kappa shape index (κ2) is 5.94. The minimum atomic E-state index is -0.0487. The van der Waals surface area contributed by atoms with Crippen LogP contribution in [-0.2, 0) is 0 Å². The smallest absolute Gasteiger partial charge is 0.141 e. The third-order valence-corrected chi connectivity index (χ3v) is 4.33. The van der Waals surface area contributed by atoms with E-state index < -0.39 is 0 Å². The van der Waals surface area contributed by atoms with Crippen molar-refractivity contribution in [3.63, 3.8) is 0 Å². The molecule has 25 heavy (non-hydrogen) atoms. The number of imidazole rings is 1. The van der Waals surface area contributed by atoms with Crippen molar-refractivity contribution in [3.05, 3.63) is 41.7 Å². The van der Waals surface area contributed by atoms with Crippen LogP contribution in [0.3, 0.4) is 0 Å². The fourth-order valence-corrected chi connectivity index (χ4v) is 4.00. The Labute approximate surface area is 150 Å². The van der Waals surface area contributed by atoms with Crippen molar-refractivity contribution >= 4 is 11.5 Å². The van der Waals surface area contributed by atoms with E-state index in [2.05, 4.69) is 81.4 Å². The summed E-state index contributed by atoms with van der Waals surface area (Å²) in [5.41, 5.74) is 5.61. The lowest BCUT2D eigenvalue weighted by Crippen LogP contribution is -2.36. The van der Waals surface area contributed by atoms with Gasteiger partial charge in [-0.1, -0.05) is 20.8 Å². The fraction of sp³-hybridized carbons (Fsp3) is 0.476. The first-order valence-electron chi connectivity index (χ1n) is 8.97. The van der Waals surface area contributed by atoms with Crippen LogP contribution in [0, 0.1) is 19.3 Å². The molecule has 0 atom stereocenters. The number of nitrogens with one attached hydrogen (secondary N) is 2. The van der Waals surface area contributed by atoms with Crippen LogP contribution in [0.2, 0.25) is 0 Å². The Morgan fingerprint density at radius 3 is 2.44 bits per heavy atom. The van der Waals surface area contributed by atoms with E-state index in [4.69, 9.17) is 4.98 Å². The number of aromatic nitrogens is 3. The molecular weight excluding hydrogens is 308 g/mol. The topological polar surface area (TPSA) is 45.1 Å². The Morgan fingerprint density at radius 2 is 1.84 bits per heavy atom. The summed E-state index contributed by atoms with van der Waals surface area (Å²) >= 11 is 0. The summed E-state index contributed by atoms with van der Waals surface area (Å²) in [5, 5.41) is 3.80. The van der Waals surface area contributed by atoms with E-state index in [1.165, 1.54) is 11.3 Å². The molecule has 4 heteroatoms. The summed E-state index contributed by atoms with van der Waals surface area (Å²) < 4.78 is 2.23. The lowest BCUT2D eigenvalue weighted by molar-refractivity contribution is 0.302. The number of pyridine rings is 1. The minimum absolute atomic E-state index is 0.0487. The number of rotatable bonds is 4. The van der Waals surface area contributed by atoms with Gasteiger partial charge in [0.2, 0.25) is 0 Å². The number of aromatic amines is 1. The van der Waals surface area contributed by atoms with E-state index in [0.717, 1.165) is 29.3 Å². The molecular formula is C21H30N4. The van der Waals surface area contributed by atoms with E-state index in [-0.39, 0.29) is 11.0 Å². The molecule has 0 aromatic carbocycles. The molecule has 134 valence electrons. The summed E-state index contributed by atoms with van der Waals surface area (Å²) in [6, 6.07) is 8.43. The van der Waals surface area contributed by atoms with Crippen LogP contribution in [0.25, 0.3) is 17.0 Å². The molecule has 0 unspecified atom stereocenters. The average molecular weight is 338 g/mol. The second-order valence-electron chi connectivity index (χ2n) is 9.01. The largest absolute Gasteiger partial charge is 0.364 e. The maximum atomic E-state index is 4.93. The van der Waals surface area contributed by atoms with Crippen molar-refractivity contribution in [1.82, 2.24) is 14.4 Å². The zero-order valence-corrected chi connectivity index (χ0v) is 16.5. The van der Waals surface area contributed by atoms with Gasteiger partial charge in [-0.25, -0.2) is 4.98 Å². The Kier molecular flexibility index (Phi) is 4.18. The van der Waals surface area contributed by atoms with Crippen molar-refractivity contribution < 1.29 is 0 Å². The van der Waals surface area contributed by atoms with Gasteiger partial charge >= 0.3 is 0 Å². The molecule has 0 aliphatic heterocycles. The molecule has 0 radical (unpaired) electrons. The number of fused-ring (bicyclic) bond motifs is 1. The molecule has 3 rings (SSSR count). The van der Waals surface area contributed by atoms with Gasteiger partial charge in [-0.3, -0.25) is 4.40 Å². The van der Waals surface area contributed by atoms with Gasteiger partial charge in [-0.2, -0.15) is 0 Å². The van der Waals surface area contributed by atoms with E-state index >= 15 is 0 Å². The van der Waals surface area contributed by atoms with Gasteiger partial charge in [0.1, 0.15) is 17.2 Å². The molecule has 0 aliphatic carbocycles. The zero-order chi connectivity index (χ0) is 18.4. The number of aryl methyl sites for hydroxylation is 2. The molecule has 3 aromatic rings. The van der Waals surface area contributed by atoms with Gasteiger partial charge < -0.3 is 10.3 Å². The van der Waals surface area contributed by atoms with Crippen LogP contribution in [0.5, 0.6) is 0 Å². The summed E-state index contributed by atoms with van der Waals surface area (Å²) in [6.45, 7) is 15.6. The van der Waals surface area contributed by atoms with Crippen LogP contribution in [0.15, 0.2) is 30.5 Å². The molecule has 0 amide bonds. The number of hydrogen-bond acceptors (Lipinski definition) is 2. The highest BCUT2D eigenvalue weighted by molar-refractivity contribution is 5.75. The van der Waals surface area contributed by atoms with Gasteiger partial charge in [-0.05, 0) is 69.4 Å². The normalized spacial score (nSPS) is 12.8. The fourth-order valence-electron chi connectivity index (χ4n) is 4.00. The molecule has 4 nitrogen and oxygen atoms in total. The average Bonchev–Trinajstić information content (AvgIpc) is 3.02. The third kappa shape index (κ3) is 3.73. The first-order chi connectivity index (χ1) is 11.6. The maximum absolute atomic E-state index is 4.93. The van der Waals surface area contributed by atoms with Crippen molar-refractivity contribution in [1.29, 1.82) is 0 Å². The van der Waals surface area contributed by atoms with E-state index in [1.54, 1.807) is 0 Å². The molecule has 2 N–H and O–H groups in total. The van der Waals surface area contributed by atoms with Gasteiger partial charge in [0, 0.05) is 17.4 Å². The SMILES string of the molecule is Cc1cc(C)n2c(NC(C)(C)CC(C)(C)C)c(-c3ccc[nH]3)nc2c1. The summed E-state index contributed by atoms with van der Waals surface area (Å²) in [4.78, 5) is 8.23. The minimum Gasteiger partial charge on any atom is -0.364 e. The van der Waals surface area contributed by atoms with Crippen LogP contribution >= 0.6 is 0 Å². The van der Waals surface area contributed by atoms with Crippen molar-refractivity contribution in [3.8, 4) is 11.4 Å². The molecule has 0 fully saturated rings. The first-order valence-corrected chi connectivity index (χ1v) is 8.97. The summed E-state index contributed by atoms with van der Waals surface area (Å²) in [5.74, 6) is 1.06. The van der Waals surface area contributed by atoms with E-state index in [9.17, 15) is 0 Å². The molecule has 0 saturated carbocycles. The number of anilines is 1. The molecule has 0 spiro atoms. The number of hydrogen-bond donors (Lipinski definition) is 2. The predicted octanol–water partition coefficient (Wildman–Crippen LogP) is 5.57. The van der Waals surface area contributed by atoms with Crippen molar-refractivity contribution in [2.24, 2.45) is 5.41 Å². The van der Waals surface area contributed by atoms with Gasteiger partial charge in [0.15, 0.2) is 0 Å². The number of nitrogens with zero attached hydrogens (tertiary/aromatic N) is 2. The highest BCUT2D eigenvalue weighted by Gasteiger charge is 2.28. The Bertz CT molecular complexity index is 877. The molecule has 3 aromatic heterocycles. The Hall–Kier alpha value is -2.23. The zero-order valence-electron chi connectivity index (χ0n) is 16.5. The van der Waals surface area contributed by atoms with Crippen LogP contribution < -0.4 is 5.32 Å². The van der Waals surface area contributed by atoms with E-state index in [0.29, 0.717) is 0 Å². The third-order valence-electron chi connectivity index (χ3n) is 4.33. The number of H-pyrrole nitrogens is 1. The maximum Gasteiger partial charge on any atom is 0.141 e. The highest BCUT2D eigenvalue weighted by Crippen LogP contribution is 2.35. The summed E-state index contributed by atoms with van der Waals surface area (Å²) in [6.07, 6.45) is 3.00. The second-order valence-corrected chi connectivity index (χ2v) is 9.01. The van der Waals surface area contributed by atoms with Crippen molar-refractivity contribution in [2.75, 3.05) is 5.32 Å². The molecule has 0 saturated heterocycles. The van der Waals surface area contributed by atoms with Crippen LogP contribution in [0.4, 0.5) is 5.82 Å². The summed E-state index contributed by atoms with van der Waals surface area (Å²) in [7, 11) is 0. The predicted molar refractivity (Wildman–Crippen MR) is 106 cm³/mol. The quantitative estimate of drug-likeness (QED) is 0.653. The molecule has 3 heterocycles. The molecule has 0 bridgehead atoms. The van der Waals surface area contributed by atoms with Crippen LogP contribution in [-0.4, -0.2) is 19.9 Å². The van der Waals surface area contributed by atoms with Gasteiger partial charge in [-0.15, -0.1) is 0 Å². The lowest BCUT2D eigenvalue weighted by atomic mass is 9.82.